The number of halogens is 1. The number of aryl methyl sites for hydroxylation is 1. The van der Waals surface area contributed by atoms with Crippen LogP contribution in [0.5, 0.6) is 0 Å². The van der Waals surface area contributed by atoms with Crippen molar-refractivity contribution in [3.63, 3.8) is 0 Å². The monoisotopic (exact) mass is 306 g/mol. The molecule has 0 saturated heterocycles. The third-order valence-corrected chi connectivity index (χ3v) is 4.08. The normalized spacial score (nSPS) is 12.3. The molecule has 1 heterocycles. The molecule has 0 unspecified atom stereocenters. The third-order valence-electron chi connectivity index (χ3n) is 3.58. The van der Waals surface area contributed by atoms with Gasteiger partial charge in [0.2, 0.25) is 0 Å². The van der Waals surface area contributed by atoms with E-state index in [1.807, 2.05) is 45.0 Å². The van der Waals surface area contributed by atoms with Crippen molar-refractivity contribution in [2.45, 2.75) is 39.8 Å². The highest BCUT2D eigenvalue weighted by molar-refractivity contribution is 6.32. The van der Waals surface area contributed by atoms with Gasteiger partial charge in [0, 0.05) is 18.5 Å². The fourth-order valence-corrected chi connectivity index (χ4v) is 2.76. The van der Waals surface area contributed by atoms with E-state index in [4.69, 9.17) is 16.6 Å². The van der Waals surface area contributed by atoms with Gasteiger partial charge < -0.3 is 5.11 Å². The van der Waals surface area contributed by atoms with Crippen LogP contribution >= 0.6 is 11.6 Å². The zero-order valence-corrected chi connectivity index (χ0v) is 13.9. The molecule has 1 aromatic carbocycles. The van der Waals surface area contributed by atoms with Crippen LogP contribution in [-0.2, 0) is 6.54 Å². The molecule has 0 atom stereocenters. The second-order valence-corrected chi connectivity index (χ2v) is 6.51. The minimum Gasteiger partial charge on any atom is -0.389 e. The molecule has 0 amide bonds. The first-order valence-electron chi connectivity index (χ1n) is 7.30. The Bertz CT molecular complexity index is 634. The fraction of sp³-hybridized carbons (Fsp3) is 0.471. The molecule has 0 aliphatic carbocycles. The summed E-state index contributed by atoms with van der Waals surface area (Å²) in [4.78, 5) is 6.85. The van der Waals surface area contributed by atoms with Crippen LogP contribution in [-0.4, -0.2) is 33.7 Å². The van der Waals surface area contributed by atoms with Crippen molar-refractivity contribution < 1.29 is 5.11 Å². The number of rotatable bonds is 5. The summed E-state index contributed by atoms with van der Waals surface area (Å²) in [6.07, 6.45) is 0. The van der Waals surface area contributed by atoms with Gasteiger partial charge in [-0.3, -0.25) is 4.90 Å². The second-order valence-electron chi connectivity index (χ2n) is 6.13. The summed E-state index contributed by atoms with van der Waals surface area (Å²) in [5, 5.41) is 11.8. The summed E-state index contributed by atoms with van der Waals surface area (Å²) in [7, 11) is 0. The van der Waals surface area contributed by atoms with Gasteiger partial charge in [0.1, 0.15) is 0 Å². The van der Waals surface area contributed by atoms with Gasteiger partial charge in [0.25, 0.3) is 0 Å². The lowest BCUT2D eigenvalue weighted by molar-refractivity contribution is 0.0350. The summed E-state index contributed by atoms with van der Waals surface area (Å²) < 4.78 is 0. The largest absolute Gasteiger partial charge is 0.389 e. The fourth-order valence-electron chi connectivity index (χ4n) is 2.56. The second kappa shape index (κ2) is 6.30. The lowest BCUT2D eigenvalue weighted by atomic mass is 10.1. The number of aromatic nitrogens is 1. The maximum absolute atomic E-state index is 10.00. The first-order chi connectivity index (χ1) is 9.81. The first kappa shape index (κ1) is 16.2. The molecule has 114 valence electrons. The van der Waals surface area contributed by atoms with Crippen molar-refractivity contribution in [2.75, 3.05) is 13.1 Å². The molecule has 0 aliphatic heterocycles. The summed E-state index contributed by atoms with van der Waals surface area (Å²) in [6.45, 7) is 9.81. The lowest BCUT2D eigenvalue weighted by Crippen LogP contribution is -2.38. The van der Waals surface area contributed by atoms with Crippen LogP contribution < -0.4 is 0 Å². The Labute approximate surface area is 131 Å². The number of fused-ring (bicyclic) bond motifs is 1. The topological polar surface area (TPSA) is 36.4 Å². The number of hydrogen-bond donors (Lipinski definition) is 1. The molecule has 1 N–H and O–H groups in total. The molecule has 2 aromatic rings. The van der Waals surface area contributed by atoms with Crippen LogP contribution in [0.25, 0.3) is 10.9 Å². The Morgan fingerprint density at radius 2 is 1.95 bits per heavy atom. The van der Waals surface area contributed by atoms with Gasteiger partial charge in [0.05, 0.1) is 21.8 Å². The van der Waals surface area contributed by atoms with Crippen LogP contribution in [0.2, 0.25) is 5.02 Å². The van der Waals surface area contributed by atoms with E-state index in [0.29, 0.717) is 13.1 Å². The van der Waals surface area contributed by atoms with E-state index in [1.54, 1.807) is 0 Å². The van der Waals surface area contributed by atoms with Crippen LogP contribution in [0.15, 0.2) is 24.3 Å². The number of likely N-dealkylation sites (N-methyl/N-ethyl adjacent to an activating group) is 1. The third kappa shape index (κ3) is 3.94. The summed E-state index contributed by atoms with van der Waals surface area (Å²) in [6, 6.07) is 8.04. The van der Waals surface area contributed by atoms with Gasteiger partial charge in [-0.25, -0.2) is 4.98 Å². The highest BCUT2D eigenvalue weighted by atomic mass is 35.5. The molecule has 4 heteroatoms. The van der Waals surface area contributed by atoms with E-state index < -0.39 is 5.60 Å². The van der Waals surface area contributed by atoms with Crippen LogP contribution in [0.4, 0.5) is 0 Å². The average molecular weight is 307 g/mol. The van der Waals surface area contributed by atoms with Crippen molar-refractivity contribution in [1.29, 1.82) is 0 Å². The molecule has 0 aliphatic rings. The Hall–Kier alpha value is -1.16. The van der Waals surface area contributed by atoms with Crippen molar-refractivity contribution in [1.82, 2.24) is 9.88 Å². The van der Waals surface area contributed by atoms with E-state index in [0.717, 1.165) is 33.7 Å². The van der Waals surface area contributed by atoms with Crippen molar-refractivity contribution in [3.8, 4) is 0 Å². The van der Waals surface area contributed by atoms with Crippen molar-refractivity contribution in [2.24, 2.45) is 0 Å². The molecule has 0 bridgehead atoms. The molecule has 21 heavy (non-hydrogen) atoms. The van der Waals surface area contributed by atoms with E-state index in [-0.39, 0.29) is 0 Å². The van der Waals surface area contributed by atoms with E-state index in [9.17, 15) is 5.11 Å². The van der Waals surface area contributed by atoms with Gasteiger partial charge in [-0.05, 0) is 38.9 Å². The SMILES string of the molecule is CCN(Cc1nc2ccccc2c(C)c1Cl)CC(C)(C)O. The first-order valence-corrected chi connectivity index (χ1v) is 7.68. The predicted octanol–water partition coefficient (Wildman–Crippen LogP) is 3.79. The highest BCUT2D eigenvalue weighted by Crippen LogP contribution is 2.27. The number of para-hydroxylation sites is 1. The maximum atomic E-state index is 10.00. The van der Waals surface area contributed by atoms with Crippen molar-refractivity contribution in [3.05, 3.63) is 40.5 Å². The van der Waals surface area contributed by atoms with Crippen LogP contribution in [0.3, 0.4) is 0 Å². The molecular formula is C17H23ClN2O. The zero-order chi connectivity index (χ0) is 15.6. The van der Waals surface area contributed by atoms with E-state index >= 15 is 0 Å². The van der Waals surface area contributed by atoms with Gasteiger partial charge >= 0.3 is 0 Å². The smallest absolute Gasteiger partial charge is 0.0740 e. The average Bonchev–Trinajstić information content (AvgIpc) is 2.42. The molecule has 0 fully saturated rings. The number of nitrogens with zero attached hydrogens (tertiary/aromatic N) is 2. The Morgan fingerprint density at radius 1 is 1.29 bits per heavy atom. The van der Waals surface area contributed by atoms with Gasteiger partial charge in [-0.1, -0.05) is 36.7 Å². The quantitative estimate of drug-likeness (QED) is 0.913. The van der Waals surface area contributed by atoms with Gasteiger partial charge in [0.15, 0.2) is 0 Å². The Kier molecular flexibility index (Phi) is 4.87. The number of pyridine rings is 1. The van der Waals surface area contributed by atoms with E-state index in [1.165, 1.54) is 0 Å². The lowest BCUT2D eigenvalue weighted by Gasteiger charge is -2.28. The summed E-state index contributed by atoms with van der Waals surface area (Å²) in [5.41, 5.74) is 2.18. The zero-order valence-electron chi connectivity index (χ0n) is 13.2. The molecule has 0 radical (unpaired) electrons. The molecule has 1 aromatic heterocycles. The minimum absolute atomic E-state index is 0.591. The summed E-state index contributed by atoms with van der Waals surface area (Å²) >= 11 is 6.49. The Balaban J connectivity index is 2.35. The Morgan fingerprint density at radius 3 is 2.57 bits per heavy atom. The predicted molar refractivity (Wildman–Crippen MR) is 88.7 cm³/mol. The van der Waals surface area contributed by atoms with Crippen LogP contribution in [0, 0.1) is 6.92 Å². The molecule has 3 nitrogen and oxygen atoms in total. The van der Waals surface area contributed by atoms with Crippen LogP contribution in [0.1, 0.15) is 32.0 Å². The standard InChI is InChI=1S/C17H23ClN2O/c1-5-20(11-17(3,4)21)10-15-16(18)12(2)13-8-6-7-9-14(13)19-15/h6-9,21H,5,10-11H2,1-4H3. The van der Waals surface area contributed by atoms with E-state index in [2.05, 4.69) is 11.8 Å². The highest BCUT2D eigenvalue weighted by Gasteiger charge is 2.19. The molecular weight excluding hydrogens is 284 g/mol. The van der Waals surface area contributed by atoms with Gasteiger partial charge in [-0.15, -0.1) is 0 Å². The number of hydrogen-bond acceptors (Lipinski definition) is 3. The summed E-state index contributed by atoms with van der Waals surface area (Å²) in [5.74, 6) is 0. The molecule has 0 spiro atoms. The minimum atomic E-state index is -0.728. The molecule has 0 saturated carbocycles. The molecule has 2 rings (SSSR count). The number of benzene rings is 1. The van der Waals surface area contributed by atoms with Gasteiger partial charge in [-0.2, -0.15) is 0 Å². The van der Waals surface area contributed by atoms with Crippen molar-refractivity contribution >= 4 is 22.5 Å². The maximum Gasteiger partial charge on any atom is 0.0740 e. The number of aliphatic hydroxyl groups is 1.